The van der Waals surface area contributed by atoms with E-state index in [2.05, 4.69) is 97.1 Å². The van der Waals surface area contributed by atoms with E-state index in [1.54, 1.807) is 16.7 Å². The fourth-order valence-electron chi connectivity index (χ4n) is 6.78. The van der Waals surface area contributed by atoms with Gasteiger partial charge >= 0.3 is 0 Å². The van der Waals surface area contributed by atoms with Crippen LogP contribution in [0.4, 0.5) is 0 Å². The molecule has 3 aromatic carbocycles. The number of fused-ring (bicyclic) bond motifs is 5. The van der Waals surface area contributed by atoms with E-state index in [1.165, 1.54) is 40.7 Å². The maximum atomic E-state index is 2.49. The second kappa shape index (κ2) is 6.69. The molecule has 0 aliphatic heterocycles. The Morgan fingerprint density at radius 1 is 0.677 bits per heavy atom. The molecule has 0 bridgehead atoms. The zero-order valence-corrected chi connectivity index (χ0v) is 17.7. The van der Waals surface area contributed by atoms with E-state index in [0.29, 0.717) is 23.7 Å². The highest BCUT2D eigenvalue weighted by atomic mass is 14.4. The standard InChI is InChI=1S/C31H26/c1-4-10-23-20(7-1)13-15-26(23)29-18-17-27-25-12-6-3-9-22(25)19-30(27)31(29)28-16-14-21-8-2-5-11-24(21)28/h1-13,15,17-18,21,24,26,28H,14,16,19H2. The molecular weight excluding hydrogens is 372 g/mol. The summed E-state index contributed by atoms with van der Waals surface area (Å²) >= 11 is 0. The van der Waals surface area contributed by atoms with Crippen LogP contribution in [-0.2, 0) is 6.42 Å². The largest absolute Gasteiger partial charge is 0.0808 e. The molecule has 0 saturated heterocycles. The van der Waals surface area contributed by atoms with Gasteiger partial charge in [-0.3, -0.25) is 0 Å². The highest BCUT2D eigenvalue weighted by molar-refractivity contribution is 5.80. The highest BCUT2D eigenvalue weighted by Gasteiger charge is 2.39. The molecule has 7 rings (SSSR count). The van der Waals surface area contributed by atoms with Crippen LogP contribution in [0.2, 0.25) is 0 Å². The first-order valence-electron chi connectivity index (χ1n) is 11.7. The third kappa shape index (κ3) is 2.54. The van der Waals surface area contributed by atoms with Gasteiger partial charge in [0.05, 0.1) is 0 Å². The van der Waals surface area contributed by atoms with Gasteiger partial charge in [0.1, 0.15) is 0 Å². The first-order chi connectivity index (χ1) is 15.4. The molecule has 0 radical (unpaired) electrons. The summed E-state index contributed by atoms with van der Waals surface area (Å²) < 4.78 is 0. The van der Waals surface area contributed by atoms with E-state index in [0.717, 1.165) is 6.42 Å². The van der Waals surface area contributed by atoms with Crippen molar-refractivity contribution < 1.29 is 0 Å². The van der Waals surface area contributed by atoms with E-state index < -0.39 is 0 Å². The molecule has 0 heterocycles. The van der Waals surface area contributed by atoms with E-state index in [4.69, 9.17) is 0 Å². The number of benzene rings is 3. The van der Waals surface area contributed by atoms with Gasteiger partial charge in [-0.15, -0.1) is 0 Å². The minimum Gasteiger partial charge on any atom is -0.0808 e. The van der Waals surface area contributed by atoms with Crippen LogP contribution in [-0.4, -0.2) is 0 Å². The molecule has 1 fully saturated rings. The smallest absolute Gasteiger partial charge is 0.0281 e. The quantitative estimate of drug-likeness (QED) is 0.325. The SMILES string of the molecule is C1=CC2CCC(c3c(C4C=Cc5ccccc54)ccc4c3Cc3ccccc3-4)C2C=C1. The molecule has 4 aliphatic rings. The van der Waals surface area contributed by atoms with Crippen molar-refractivity contribution >= 4 is 6.08 Å². The lowest BCUT2D eigenvalue weighted by Crippen LogP contribution is -2.16. The summed E-state index contributed by atoms with van der Waals surface area (Å²) in [6.45, 7) is 0. The van der Waals surface area contributed by atoms with Crippen LogP contribution < -0.4 is 0 Å². The molecule has 0 N–H and O–H groups in total. The average Bonchev–Trinajstić information content (AvgIpc) is 3.53. The zero-order valence-electron chi connectivity index (χ0n) is 17.7. The molecule has 31 heavy (non-hydrogen) atoms. The van der Waals surface area contributed by atoms with Crippen molar-refractivity contribution in [3.63, 3.8) is 0 Å². The second-order valence-electron chi connectivity index (χ2n) is 9.59. The summed E-state index contributed by atoms with van der Waals surface area (Å²) in [4.78, 5) is 0. The van der Waals surface area contributed by atoms with Crippen LogP contribution in [0.15, 0.2) is 91.0 Å². The van der Waals surface area contributed by atoms with E-state index in [1.807, 2.05) is 0 Å². The van der Waals surface area contributed by atoms with Gasteiger partial charge < -0.3 is 0 Å². The van der Waals surface area contributed by atoms with Crippen molar-refractivity contribution in [2.75, 3.05) is 0 Å². The molecule has 3 aromatic rings. The predicted octanol–water partition coefficient (Wildman–Crippen LogP) is 7.65. The fourth-order valence-corrected chi connectivity index (χ4v) is 6.78. The van der Waals surface area contributed by atoms with Crippen LogP contribution >= 0.6 is 0 Å². The number of rotatable bonds is 2. The lowest BCUT2D eigenvalue weighted by atomic mass is 9.75. The van der Waals surface area contributed by atoms with Crippen molar-refractivity contribution in [1.29, 1.82) is 0 Å². The Morgan fingerprint density at radius 2 is 1.55 bits per heavy atom. The van der Waals surface area contributed by atoms with Crippen LogP contribution in [0.25, 0.3) is 17.2 Å². The molecule has 4 atom stereocenters. The minimum absolute atomic E-state index is 0.377. The maximum Gasteiger partial charge on any atom is 0.0281 e. The average molecular weight is 399 g/mol. The van der Waals surface area contributed by atoms with E-state index >= 15 is 0 Å². The van der Waals surface area contributed by atoms with Crippen molar-refractivity contribution in [1.82, 2.24) is 0 Å². The summed E-state index contributed by atoms with van der Waals surface area (Å²) in [7, 11) is 0. The molecule has 1 saturated carbocycles. The Hall–Kier alpha value is -3.12. The third-order valence-corrected chi connectivity index (χ3v) is 8.14. The summed E-state index contributed by atoms with van der Waals surface area (Å²) in [6.07, 6.45) is 17.9. The fraction of sp³-hybridized carbons (Fsp3) is 0.226. The molecule has 0 nitrogen and oxygen atoms in total. The summed E-state index contributed by atoms with van der Waals surface area (Å²) in [6, 6.07) is 22.8. The lowest BCUT2D eigenvalue weighted by Gasteiger charge is -2.29. The summed E-state index contributed by atoms with van der Waals surface area (Å²) in [5.41, 5.74) is 12.1. The number of hydrogen-bond donors (Lipinski definition) is 0. The zero-order chi connectivity index (χ0) is 20.4. The maximum absolute atomic E-state index is 2.49. The number of allylic oxidation sites excluding steroid dienone is 5. The van der Waals surface area contributed by atoms with Crippen molar-refractivity contribution in [3.8, 4) is 11.1 Å². The van der Waals surface area contributed by atoms with Crippen LogP contribution in [0.5, 0.6) is 0 Å². The molecule has 0 aromatic heterocycles. The van der Waals surface area contributed by atoms with Gasteiger partial charge in [-0.1, -0.05) is 97.1 Å². The van der Waals surface area contributed by atoms with Crippen molar-refractivity contribution in [2.24, 2.45) is 11.8 Å². The lowest BCUT2D eigenvalue weighted by molar-refractivity contribution is 0.504. The first-order valence-corrected chi connectivity index (χ1v) is 11.7. The molecule has 0 spiro atoms. The van der Waals surface area contributed by atoms with Crippen LogP contribution in [0.3, 0.4) is 0 Å². The van der Waals surface area contributed by atoms with Crippen LogP contribution in [0.1, 0.15) is 58.1 Å². The van der Waals surface area contributed by atoms with Gasteiger partial charge in [0.2, 0.25) is 0 Å². The molecule has 0 heteroatoms. The van der Waals surface area contributed by atoms with Crippen LogP contribution in [0, 0.1) is 11.8 Å². The molecular formula is C31H26. The normalized spacial score (nSPS) is 26.6. The van der Waals surface area contributed by atoms with Gasteiger partial charge in [-0.25, -0.2) is 0 Å². The van der Waals surface area contributed by atoms with Gasteiger partial charge in [-0.05, 0) is 81.5 Å². The summed E-state index contributed by atoms with van der Waals surface area (Å²) in [5, 5.41) is 0. The van der Waals surface area contributed by atoms with Gasteiger partial charge in [0, 0.05) is 5.92 Å². The first kappa shape index (κ1) is 17.5. The van der Waals surface area contributed by atoms with Crippen molar-refractivity contribution in [3.05, 3.63) is 124 Å². The van der Waals surface area contributed by atoms with Gasteiger partial charge in [0.15, 0.2) is 0 Å². The van der Waals surface area contributed by atoms with E-state index in [-0.39, 0.29) is 0 Å². The Balaban J connectivity index is 1.44. The second-order valence-corrected chi connectivity index (χ2v) is 9.59. The Morgan fingerprint density at radius 3 is 2.55 bits per heavy atom. The monoisotopic (exact) mass is 398 g/mol. The van der Waals surface area contributed by atoms with Crippen molar-refractivity contribution in [2.45, 2.75) is 31.1 Å². The predicted molar refractivity (Wildman–Crippen MR) is 129 cm³/mol. The highest BCUT2D eigenvalue weighted by Crippen LogP contribution is 2.53. The minimum atomic E-state index is 0.377. The number of hydrogen-bond acceptors (Lipinski definition) is 0. The van der Waals surface area contributed by atoms with Gasteiger partial charge in [-0.2, -0.15) is 0 Å². The molecule has 4 aliphatic carbocycles. The topological polar surface area (TPSA) is 0 Å². The van der Waals surface area contributed by atoms with Gasteiger partial charge in [0.25, 0.3) is 0 Å². The summed E-state index contributed by atoms with van der Waals surface area (Å²) in [5.74, 6) is 2.34. The molecule has 150 valence electrons. The Labute approximate surface area is 184 Å². The Kier molecular flexibility index (Phi) is 3.79. The van der Waals surface area contributed by atoms with E-state index in [9.17, 15) is 0 Å². The third-order valence-electron chi connectivity index (χ3n) is 8.14. The Bertz CT molecular complexity index is 1290. The molecule has 0 amide bonds. The molecule has 4 unspecified atom stereocenters.